The van der Waals surface area contributed by atoms with Crippen molar-refractivity contribution < 1.29 is 37.1 Å². The minimum Gasteiger partial charge on any atom is -0.469 e. The minimum atomic E-state index is -3.94. The van der Waals surface area contributed by atoms with Gasteiger partial charge < -0.3 is 25.0 Å². The lowest BCUT2D eigenvalue weighted by atomic mass is 9.99. The van der Waals surface area contributed by atoms with Gasteiger partial charge in [-0.15, -0.1) is 17.9 Å². The van der Waals surface area contributed by atoms with E-state index in [0.29, 0.717) is 42.4 Å². The molecule has 0 radical (unpaired) electrons. The van der Waals surface area contributed by atoms with E-state index in [4.69, 9.17) is 19.4 Å². The summed E-state index contributed by atoms with van der Waals surface area (Å²) in [4.78, 5) is 68.5. The third kappa shape index (κ3) is 8.45. The van der Waals surface area contributed by atoms with Crippen LogP contribution in [0.1, 0.15) is 72.1 Å². The predicted molar refractivity (Wildman–Crippen MR) is 211 cm³/mol. The summed E-state index contributed by atoms with van der Waals surface area (Å²) in [6, 6.07) is 8.75. The van der Waals surface area contributed by atoms with Crippen LogP contribution in [0.2, 0.25) is 0 Å². The van der Waals surface area contributed by atoms with E-state index in [9.17, 15) is 27.6 Å². The quantitative estimate of drug-likeness (QED) is 0.235. The van der Waals surface area contributed by atoms with Crippen LogP contribution in [-0.4, -0.2) is 88.2 Å². The van der Waals surface area contributed by atoms with Crippen LogP contribution in [0.15, 0.2) is 66.6 Å². The highest BCUT2D eigenvalue weighted by Crippen LogP contribution is 2.46. The van der Waals surface area contributed by atoms with Crippen LogP contribution in [0.25, 0.3) is 21.6 Å². The van der Waals surface area contributed by atoms with Crippen molar-refractivity contribution in [2.45, 2.75) is 107 Å². The lowest BCUT2D eigenvalue weighted by molar-refractivity contribution is -0.143. The molecule has 4 amide bonds. The van der Waals surface area contributed by atoms with Crippen LogP contribution in [-0.2, 0) is 29.1 Å². The van der Waals surface area contributed by atoms with Gasteiger partial charge in [-0.05, 0) is 82.9 Å². The summed E-state index contributed by atoms with van der Waals surface area (Å²) in [5.41, 5.74) is -0.768. The number of thiophene rings is 1. The molecule has 56 heavy (non-hydrogen) atoms. The molecule has 0 spiro atoms. The number of aromatic nitrogens is 2. The molecule has 2 bridgehead atoms. The first kappa shape index (κ1) is 39.4. The Balaban J connectivity index is 1.29. The average Bonchev–Trinajstić information content (AvgIpc) is 4.03. The van der Waals surface area contributed by atoms with Crippen molar-refractivity contribution >= 4 is 56.2 Å². The number of allylic oxidation sites excluding steroid dienone is 1. The Morgan fingerprint density at radius 3 is 2.45 bits per heavy atom. The maximum atomic E-state index is 14.9. The number of sulfonamides is 1. The number of nitrogens with zero attached hydrogens (tertiary/aromatic N) is 3. The van der Waals surface area contributed by atoms with E-state index in [1.807, 2.05) is 53.9 Å². The van der Waals surface area contributed by atoms with E-state index < -0.39 is 80.3 Å². The van der Waals surface area contributed by atoms with Gasteiger partial charge in [0.25, 0.3) is 5.91 Å². The number of rotatable bonds is 10. The number of alkyl carbamates (subject to hydrolysis) is 1. The number of hydrogen-bond acceptors (Lipinski definition) is 11. The van der Waals surface area contributed by atoms with Crippen LogP contribution in [0.4, 0.5) is 4.79 Å². The summed E-state index contributed by atoms with van der Waals surface area (Å²) >= 11 is 1.45. The lowest BCUT2D eigenvalue weighted by Crippen LogP contribution is -2.60. The number of para-hydroxylation sites is 2. The van der Waals surface area contributed by atoms with Gasteiger partial charge in [-0.25, -0.2) is 23.2 Å². The van der Waals surface area contributed by atoms with Gasteiger partial charge in [-0.2, -0.15) is 0 Å². The van der Waals surface area contributed by atoms with Crippen LogP contribution >= 0.6 is 11.3 Å². The molecule has 3 aromatic rings. The normalized spacial score (nSPS) is 27.3. The Bertz CT molecular complexity index is 2150. The summed E-state index contributed by atoms with van der Waals surface area (Å²) < 4.78 is 40.3. The van der Waals surface area contributed by atoms with Crippen LogP contribution < -0.4 is 20.1 Å². The second kappa shape index (κ2) is 15.6. The molecular formula is C40H48N6O8S2. The maximum Gasteiger partial charge on any atom is 0.408 e. The van der Waals surface area contributed by atoms with Crippen molar-refractivity contribution in [2.24, 2.45) is 11.8 Å². The van der Waals surface area contributed by atoms with Crippen molar-refractivity contribution in [3.8, 4) is 16.5 Å². The van der Waals surface area contributed by atoms with Gasteiger partial charge in [-0.1, -0.05) is 49.3 Å². The number of hydrogen-bond donors (Lipinski definition) is 3. The van der Waals surface area contributed by atoms with Crippen LogP contribution in [0.3, 0.4) is 0 Å². The van der Waals surface area contributed by atoms with Gasteiger partial charge >= 0.3 is 6.09 Å². The number of benzene rings is 1. The number of fused-ring (bicyclic) bond motifs is 3. The zero-order valence-electron chi connectivity index (χ0n) is 31.7. The fourth-order valence-electron chi connectivity index (χ4n) is 7.44. The fraction of sp³-hybridized carbons (Fsp3) is 0.500. The Morgan fingerprint density at radius 1 is 1.04 bits per heavy atom. The Labute approximate surface area is 330 Å². The summed E-state index contributed by atoms with van der Waals surface area (Å²) in [5, 5.41) is 6.87. The van der Waals surface area contributed by atoms with E-state index in [0.717, 1.165) is 24.1 Å². The number of amides is 4. The Morgan fingerprint density at radius 2 is 1.79 bits per heavy atom. The van der Waals surface area contributed by atoms with E-state index in [2.05, 4.69) is 21.9 Å². The number of ether oxygens (including phenoxy) is 2. The summed E-state index contributed by atoms with van der Waals surface area (Å²) in [7, 11) is -3.94. The molecule has 4 heterocycles. The molecule has 3 fully saturated rings. The third-order valence-electron chi connectivity index (χ3n) is 10.6. The fourth-order valence-corrected chi connectivity index (χ4v) is 9.51. The third-order valence-corrected chi connectivity index (χ3v) is 13.2. The maximum absolute atomic E-state index is 14.9. The Kier molecular flexibility index (Phi) is 11.0. The van der Waals surface area contributed by atoms with Crippen molar-refractivity contribution in [2.75, 3.05) is 6.54 Å². The summed E-state index contributed by atoms with van der Waals surface area (Å²) in [5.74, 6) is -3.03. The largest absolute Gasteiger partial charge is 0.469 e. The zero-order chi connectivity index (χ0) is 39.8. The molecule has 6 atom stereocenters. The lowest BCUT2D eigenvalue weighted by Gasteiger charge is -2.32. The molecule has 1 saturated heterocycles. The molecule has 16 heteroatoms. The first-order valence-electron chi connectivity index (χ1n) is 19.1. The highest BCUT2D eigenvalue weighted by molar-refractivity contribution is 7.91. The molecule has 3 N–H and O–H groups in total. The zero-order valence-corrected chi connectivity index (χ0v) is 33.4. The molecule has 2 saturated carbocycles. The molecule has 2 aromatic heterocycles. The summed E-state index contributed by atoms with van der Waals surface area (Å²) in [6.07, 6.45) is 8.02. The highest BCUT2D eigenvalue weighted by Gasteiger charge is 2.63. The Hall–Kier alpha value is -4.83. The van der Waals surface area contributed by atoms with Gasteiger partial charge in [0.15, 0.2) is 0 Å². The van der Waals surface area contributed by atoms with E-state index >= 15 is 0 Å². The van der Waals surface area contributed by atoms with Crippen LogP contribution in [0, 0.1) is 11.8 Å². The molecule has 298 valence electrons. The molecule has 4 aliphatic rings. The van der Waals surface area contributed by atoms with E-state index in [1.54, 1.807) is 20.8 Å². The van der Waals surface area contributed by atoms with Gasteiger partial charge in [0.1, 0.15) is 35.0 Å². The average molecular weight is 805 g/mol. The van der Waals surface area contributed by atoms with Gasteiger partial charge in [-0.3, -0.25) is 19.1 Å². The molecule has 2 aliphatic heterocycles. The number of carbonyl (C=O) groups is 4. The first-order chi connectivity index (χ1) is 26.7. The summed E-state index contributed by atoms with van der Waals surface area (Å²) in [6.45, 7) is 9.05. The smallest absolute Gasteiger partial charge is 0.408 e. The van der Waals surface area contributed by atoms with Crippen molar-refractivity contribution in [3.63, 3.8) is 0 Å². The monoisotopic (exact) mass is 804 g/mol. The molecule has 7 rings (SSSR count). The molecular weight excluding hydrogens is 757 g/mol. The molecule has 2 aliphatic carbocycles. The molecule has 14 nitrogen and oxygen atoms in total. The predicted octanol–water partition coefficient (Wildman–Crippen LogP) is 5.02. The SMILES string of the molecule is C=C[C@@H]1CC1(NC(=O)[C@@H]1[C@@H](Oc2nc3ccccc3nc2-c2cccs2)C2/C=C/CCCCCC(NC(=O)OC(C)(C)C)C(=O)N1C2)C(=O)NS(=O)(=O)C1CC1. The van der Waals surface area contributed by atoms with Crippen molar-refractivity contribution in [1.82, 2.24) is 30.2 Å². The highest BCUT2D eigenvalue weighted by atomic mass is 32.2. The molecule has 3 unspecified atom stereocenters. The number of carbonyl (C=O) groups excluding carboxylic acids is 4. The standard InChI is InChI=1S/C40H48N6O8S2/c1-5-25-22-40(25,37(49)45-56(51,52)26-19-20-26)44-34(47)32-33(53-35-31(30-18-13-21-55-30)41-27-15-11-12-16-28(27)42-35)24-14-9-7-6-8-10-17-29(36(48)46(32)23-24)43-38(50)54-39(2,3)4/h5,9,11-16,18,21,24-26,29,32-33H,1,6-8,10,17,19-20,22-23H2,2-4H3,(H,43,50)(H,44,47)(H,45,49)/b14-9+/t24?,25-,29?,32+,33+,40?/m1/s1. The topological polar surface area (TPSA) is 186 Å². The van der Waals surface area contributed by atoms with Crippen LogP contribution in [0.5, 0.6) is 5.88 Å². The first-order valence-corrected chi connectivity index (χ1v) is 21.6. The van der Waals surface area contributed by atoms with E-state index in [1.165, 1.54) is 22.3 Å². The van der Waals surface area contributed by atoms with Gasteiger partial charge in [0.05, 0.1) is 21.2 Å². The second-order valence-electron chi connectivity index (χ2n) is 16.0. The van der Waals surface area contributed by atoms with Gasteiger partial charge in [0.2, 0.25) is 27.7 Å². The van der Waals surface area contributed by atoms with Crippen molar-refractivity contribution in [3.05, 3.63) is 66.6 Å². The van der Waals surface area contributed by atoms with Gasteiger partial charge in [0, 0.05) is 18.4 Å². The van der Waals surface area contributed by atoms with Crippen molar-refractivity contribution in [1.29, 1.82) is 0 Å². The minimum absolute atomic E-state index is 0.0417. The molecule has 1 aromatic carbocycles. The number of nitrogens with one attached hydrogen (secondary N) is 3. The van der Waals surface area contributed by atoms with E-state index in [-0.39, 0.29) is 18.8 Å². The second-order valence-corrected chi connectivity index (χ2v) is 18.9.